The van der Waals surface area contributed by atoms with Crippen molar-refractivity contribution in [2.45, 2.75) is 6.92 Å². The average Bonchev–Trinajstić information content (AvgIpc) is 2.97. The van der Waals surface area contributed by atoms with E-state index in [0.29, 0.717) is 0 Å². The summed E-state index contributed by atoms with van der Waals surface area (Å²) < 4.78 is 4.11. The predicted octanol–water partition coefficient (Wildman–Crippen LogP) is 4.07. The van der Waals surface area contributed by atoms with Crippen molar-refractivity contribution in [1.29, 1.82) is 0 Å². The SMILES string of the molecule is Cc1cc(NC(=O)Nc2ccc3[nH]ccc3c2)sn1.[HH].[HH]. The van der Waals surface area contributed by atoms with Crippen LogP contribution >= 0.6 is 11.5 Å². The summed E-state index contributed by atoms with van der Waals surface area (Å²) in [6.07, 6.45) is 1.87. The van der Waals surface area contributed by atoms with E-state index < -0.39 is 0 Å². The largest absolute Gasteiger partial charge is 0.361 e. The van der Waals surface area contributed by atoms with Gasteiger partial charge in [0.05, 0.1) is 5.69 Å². The van der Waals surface area contributed by atoms with Crippen LogP contribution in [0.1, 0.15) is 8.55 Å². The van der Waals surface area contributed by atoms with Crippen LogP contribution in [0.4, 0.5) is 15.5 Å². The molecule has 0 bridgehead atoms. The number of nitrogens with zero attached hydrogens (tertiary/aromatic N) is 1. The number of carbonyl (C=O) groups is 1. The summed E-state index contributed by atoms with van der Waals surface area (Å²) in [6, 6.07) is 9.24. The first-order chi connectivity index (χ1) is 9.20. The topological polar surface area (TPSA) is 69.8 Å². The fourth-order valence-electron chi connectivity index (χ4n) is 1.83. The van der Waals surface area contributed by atoms with E-state index in [1.807, 2.05) is 43.5 Å². The molecule has 0 atom stereocenters. The lowest BCUT2D eigenvalue weighted by Gasteiger charge is -2.05. The number of nitrogens with one attached hydrogen (secondary N) is 3. The van der Waals surface area contributed by atoms with Gasteiger partial charge in [-0.25, -0.2) is 4.79 Å². The summed E-state index contributed by atoms with van der Waals surface area (Å²) in [7, 11) is 0. The van der Waals surface area contributed by atoms with Crippen LogP contribution in [0.3, 0.4) is 0 Å². The van der Waals surface area contributed by atoms with Crippen molar-refractivity contribution < 1.29 is 7.65 Å². The van der Waals surface area contributed by atoms with Gasteiger partial charge in [-0.15, -0.1) is 0 Å². The Hall–Kier alpha value is -2.34. The molecule has 2 amide bonds. The van der Waals surface area contributed by atoms with Crippen LogP contribution in [0, 0.1) is 6.92 Å². The van der Waals surface area contributed by atoms with Crippen molar-refractivity contribution in [3.8, 4) is 0 Å². The van der Waals surface area contributed by atoms with Gasteiger partial charge in [0, 0.05) is 25.6 Å². The Morgan fingerprint density at radius 1 is 1.32 bits per heavy atom. The van der Waals surface area contributed by atoms with E-state index in [0.717, 1.165) is 27.3 Å². The number of H-pyrrole nitrogens is 1. The van der Waals surface area contributed by atoms with Crippen molar-refractivity contribution in [3.05, 3.63) is 42.2 Å². The third-order valence-corrected chi connectivity index (χ3v) is 3.47. The smallest absolute Gasteiger partial charge is 0.324 e. The Balaban J connectivity index is 0.00000110. The van der Waals surface area contributed by atoms with E-state index in [4.69, 9.17) is 0 Å². The van der Waals surface area contributed by atoms with Crippen molar-refractivity contribution in [2.24, 2.45) is 0 Å². The van der Waals surface area contributed by atoms with E-state index >= 15 is 0 Å². The number of hydrogen-bond acceptors (Lipinski definition) is 3. The van der Waals surface area contributed by atoms with Crippen molar-refractivity contribution >= 4 is 39.2 Å². The molecule has 5 nitrogen and oxygen atoms in total. The molecular weight excluding hydrogens is 260 g/mol. The molecule has 0 fully saturated rings. The minimum absolute atomic E-state index is 0. The van der Waals surface area contributed by atoms with E-state index in [1.165, 1.54) is 11.5 Å². The second-order valence-electron chi connectivity index (χ2n) is 4.19. The maximum absolute atomic E-state index is 11.8. The zero-order chi connectivity index (χ0) is 13.2. The quantitative estimate of drug-likeness (QED) is 0.660. The number of aromatic amines is 1. The number of fused-ring (bicyclic) bond motifs is 1. The first kappa shape index (κ1) is 11.7. The maximum Gasteiger partial charge on any atom is 0.324 e. The summed E-state index contributed by atoms with van der Waals surface area (Å²) in [6.45, 7) is 1.89. The number of amides is 2. The highest BCUT2D eigenvalue weighted by Gasteiger charge is 2.05. The molecule has 0 saturated carbocycles. The van der Waals surface area contributed by atoms with Crippen LogP contribution in [0.2, 0.25) is 0 Å². The number of urea groups is 1. The molecule has 3 aromatic rings. The molecule has 1 aromatic carbocycles. The van der Waals surface area contributed by atoms with Gasteiger partial charge in [-0.2, -0.15) is 4.37 Å². The maximum atomic E-state index is 11.8. The Kier molecular flexibility index (Phi) is 2.92. The Morgan fingerprint density at radius 2 is 2.21 bits per heavy atom. The van der Waals surface area contributed by atoms with Gasteiger partial charge in [0.1, 0.15) is 5.00 Å². The minimum atomic E-state index is -0.265. The van der Waals surface area contributed by atoms with Gasteiger partial charge in [-0.3, -0.25) is 5.32 Å². The van der Waals surface area contributed by atoms with Crippen LogP contribution in [0.25, 0.3) is 10.9 Å². The molecule has 0 radical (unpaired) electrons. The number of anilines is 2. The van der Waals surface area contributed by atoms with Gasteiger partial charge in [-0.1, -0.05) is 0 Å². The lowest BCUT2D eigenvalue weighted by atomic mass is 10.2. The highest BCUT2D eigenvalue weighted by atomic mass is 32.1. The van der Waals surface area contributed by atoms with Gasteiger partial charge in [0.2, 0.25) is 0 Å². The van der Waals surface area contributed by atoms with Crippen molar-refractivity contribution in [2.75, 3.05) is 10.6 Å². The summed E-state index contributed by atoms with van der Waals surface area (Å²) in [5.41, 5.74) is 2.70. The number of benzene rings is 1. The summed E-state index contributed by atoms with van der Waals surface area (Å²) >= 11 is 1.27. The van der Waals surface area contributed by atoms with Crippen molar-refractivity contribution in [1.82, 2.24) is 9.36 Å². The minimum Gasteiger partial charge on any atom is -0.361 e. The number of aromatic nitrogens is 2. The zero-order valence-electron chi connectivity index (χ0n) is 10.2. The Morgan fingerprint density at radius 3 is 3.00 bits per heavy atom. The monoisotopic (exact) mass is 276 g/mol. The van der Waals surface area contributed by atoms with Crippen LogP contribution in [-0.2, 0) is 0 Å². The van der Waals surface area contributed by atoms with Gasteiger partial charge in [0.25, 0.3) is 0 Å². The van der Waals surface area contributed by atoms with E-state index in [1.54, 1.807) is 0 Å². The van der Waals surface area contributed by atoms with Gasteiger partial charge >= 0.3 is 6.03 Å². The molecule has 19 heavy (non-hydrogen) atoms. The van der Waals surface area contributed by atoms with Crippen LogP contribution in [-0.4, -0.2) is 15.4 Å². The molecule has 0 aliphatic rings. The summed E-state index contributed by atoms with van der Waals surface area (Å²) in [5, 5.41) is 7.34. The summed E-state index contributed by atoms with van der Waals surface area (Å²) in [4.78, 5) is 14.9. The third kappa shape index (κ3) is 2.58. The highest BCUT2D eigenvalue weighted by Crippen LogP contribution is 2.19. The lowest BCUT2D eigenvalue weighted by Crippen LogP contribution is -2.18. The Bertz CT molecular complexity index is 740. The number of hydrogen-bond donors (Lipinski definition) is 3. The number of carbonyl (C=O) groups excluding carboxylic acids is 1. The first-order valence-electron chi connectivity index (χ1n) is 5.79. The van der Waals surface area contributed by atoms with Gasteiger partial charge < -0.3 is 10.3 Å². The molecule has 0 saturated heterocycles. The molecular formula is C13H16N4OS. The highest BCUT2D eigenvalue weighted by molar-refractivity contribution is 7.10. The molecule has 2 heterocycles. The molecule has 0 spiro atoms. The molecule has 100 valence electrons. The molecule has 0 unspecified atom stereocenters. The number of rotatable bonds is 2. The normalized spacial score (nSPS) is 10.6. The molecule has 0 aliphatic heterocycles. The summed E-state index contributed by atoms with van der Waals surface area (Å²) in [5.74, 6) is 0. The number of aryl methyl sites for hydroxylation is 1. The van der Waals surface area contributed by atoms with Crippen molar-refractivity contribution in [3.63, 3.8) is 0 Å². The average molecular weight is 276 g/mol. The molecule has 6 heteroatoms. The zero-order valence-corrected chi connectivity index (χ0v) is 11.0. The van der Waals surface area contributed by atoms with Gasteiger partial charge in [-0.05, 0) is 48.8 Å². The molecule has 3 rings (SSSR count). The standard InChI is InChI=1S/C13H12N4OS.2H2/c1-8-6-12(19-17-8)16-13(18)15-10-2-3-11-9(7-10)4-5-14-11;;/h2-7,14H,1H3,(H2,15,16,18);2*1H. The van der Waals surface area contributed by atoms with E-state index in [2.05, 4.69) is 20.0 Å². The second-order valence-corrected chi connectivity index (χ2v) is 5.00. The molecule has 0 aliphatic carbocycles. The van der Waals surface area contributed by atoms with E-state index in [-0.39, 0.29) is 8.88 Å². The molecule has 2 aromatic heterocycles. The third-order valence-electron chi connectivity index (χ3n) is 2.68. The predicted molar refractivity (Wildman–Crippen MR) is 82.0 cm³/mol. The van der Waals surface area contributed by atoms with Crippen LogP contribution < -0.4 is 10.6 Å². The fraction of sp³-hybridized carbons (Fsp3) is 0.0769. The van der Waals surface area contributed by atoms with Crippen LogP contribution in [0.15, 0.2) is 36.5 Å². The lowest BCUT2D eigenvalue weighted by molar-refractivity contribution is 0.262. The first-order valence-corrected chi connectivity index (χ1v) is 6.56. The fourth-order valence-corrected chi connectivity index (χ4v) is 2.48. The van der Waals surface area contributed by atoms with E-state index in [9.17, 15) is 4.79 Å². The Labute approximate surface area is 116 Å². The molecule has 3 N–H and O–H groups in total. The van der Waals surface area contributed by atoms with Crippen LogP contribution in [0.5, 0.6) is 0 Å². The second kappa shape index (κ2) is 4.74. The van der Waals surface area contributed by atoms with Gasteiger partial charge in [0.15, 0.2) is 0 Å².